The smallest absolute Gasteiger partial charge is 0.119 e. The Morgan fingerprint density at radius 3 is 2.75 bits per heavy atom. The molecule has 28 heavy (non-hydrogen) atoms. The summed E-state index contributed by atoms with van der Waals surface area (Å²) in [5.41, 5.74) is 4.01. The average Bonchev–Trinajstić information content (AvgIpc) is 2.80. The molecule has 0 aliphatic carbocycles. The van der Waals surface area contributed by atoms with Gasteiger partial charge in [0.25, 0.3) is 0 Å². The first-order valence-corrected chi connectivity index (χ1v) is 9.96. The van der Waals surface area contributed by atoms with Crippen LogP contribution in [0.1, 0.15) is 38.2 Å². The number of aliphatic imine (C=N–C) groups is 1. The molecule has 0 amide bonds. The first kappa shape index (κ1) is 22.1. The molecular weight excluding hydrogens is 352 g/mol. The normalized spacial score (nSPS) is 22.6. The number of nitrogens with one attached hydrogen (secondary N) is 1. The van der Waals surface area contributed by atoms with Crippen LogP contribution >= 0.6 is 0 Å². The zero-order valence-corrected chi connectivity index (χ0v) is 17.9. The second-order valence-electron chi connectivity index (χ2n) is 7.21. The van der Waals surface area contributed by atoms with Crippen LogP contribution in [0.25, 0.3) is 0 Å². The Hall–Kier alpha value is -2.18. The van der Waals surface area contributed by atoms with Crippen molar-refractivity contribution in [2.75, 3.05) is 41.5 Å². The van der Waals surface area contributed by atoms with Crippen molar-refractivity contribution < 1.29 is 9.47 Å². The van der Waals surface area contributed by atoms with Gasteiger partial charge in [0.05, 0.1) is 30.8 Å². The maximum atomic E-state index is 8.00. The molecule has 1 heterocycles. The lowest BCUT2D eigenvalue weighted by molar-refractivity contribution is 0.0565. The van der Waals surface area contributed by atoms with Crippen LogP contribution in [-0.4, -0.2) is 63.4 Å². The minimum Gasteiger partial charge on any atom is -0.497 e. The first-order chi connectivity index (χ1) is 13.5. The number of unbranched alkanes of at least 4 members (excludes halogenated alkanes) is 1. The number of ether oxygens (including phenoxy) is 2. The number of likely N-dealkylation sites (N-methyl/N-ethyl adjacent to an activating group) is 1. The van der Waals surface area contributed by atoms with Crippen LogP contribution in [0.5, 0.6) is 5.75 Å². The third-order valence-corrected chi connectivity index (χ3v) is 5.08. The number of allylic oxidation sites excluding steroid dienone is 1. The summed E-state index contributed by atoms with van der Waals surface area (Å²) in [6.07, 6.45) is 5.26. The van der Waals surface area contributed by atoms with E-state index in [4.69, 9.17) is 19.9 Å². The molecule has 1 aromatic carbocycles. The number of benzene rings is 1. The van der Waals surface area contributed by atoms with Crippen molar-refractivity contribution in [3.63, 3.8) is 0 Å². The largest absolute Gasteiger partial charge is 0.497 e. The van der Waals surface area contributed by atoms with Gasteiger partial charge in [-0.25, -0.2) is 5.01 Å². The molecule has 0 fully saturated rings. The molecule has 2 rings (SSSR count). The third kappa shape index (κ3) is 5.66. The number of rotatable bonds is 8. The van der Waals surface area contributed by atoms with E-state index < -0.39 is 0 Å². The molecule has 0 radical (unpaired) electrons. The predicted molar refractivity (Wildman–Crippen MR) is 115 cm³/mol. The molecule has 0 spiro atoms. The molecule has 0 saturated carbocycles. The average molecular weight is 387 g/mol. The Kier molecular flexibility index (Phi) is 8.67. The van der Waals surface area contributed by atoms with E-state index >= 15 is 0 Å². The Bertz CT molecular complexity index is 712. The fourth-order valence-corrected chi connectivity index (χ4v) is 3.18. The van der Waals surface area contributed by atoms with E-state index in [1.165, 1.54) is 6.21 Å². The minimum atomic E-state index is -0.0901. The van der Waals surface area contributed by atoms with Gasteiger partial charge < -0.3 is 19.9 Å². The zero-order chi connectivity index (χ0) is 20.5. The summed E-state index contributed by atoms with van der Waals surface area (Å²) >= 11 is 0. The summed E-state index contributed by atoms with van der Waals surface area (Å²) in [4.78, 5) is 5.16. The molecule has 1 aliphatic heterocycles. The van der Waals surface area contributed by atoms with Gasteiger partial charge in [-0.2, -0.15) is 0 Å². The maximum Gasteiger partial charge on any atom is 0.119 e. The van der Waals surface area contributed by atoms with Crippen molar-refractivity contribution in [2.45, 2.75) is 32.6 Å². The first-order valence-electron chi connectivity index (χ1n) is 9.96. The fraction of sp³-hybridized carbons (Fsp3) is 0.545. The summed E-state index contributed by atoms with van der Waals surface area (Å²) in [6.45, 7) is 3.30. The summed E-state index contributed by atoms with van der Waals surface area (Å²) in [6, 6.07) is 7.95. The van der Waals surface area contributed by atoms with E-state index in [-0.39, 0.29) is 5.92 Å². The van der Waals surface area contributed by atoms with Crippen molar-refractivity contribution in [1.29, 1.82) is 5.41 Å². The molecule has 0 saturated heterocycles. The van der Waals surface area contributed by atoms with E-state index in [1.807, 2.05) is 50.4 Å². The molecule has 6 nitrogen and oxygen atoms in total. The van der Waals surface area contributed by atoms with E-state index in [0.717, 1.165) is 54.1 Å². The molecule has 1 atom stereocenters. The van der Waals surface area contributed by atoms with Crippen LogP contribution < -0.4 is 4.74 Å². The highest BCUT2D eigenvalue weighted by Gasteiger charge is 2.22. The van der Waals surface area contributed by atoms with Gasteiger partial charge in [0.15, 0.2) is 0 Å². The molecule has 6 heteroatoms. The van der Waals surface area contributed by atoms with Crippen LogP contribution in [0.4, 0.5) is 0 Å². The molecular formula is C22H34N4O2. The standard InChI is InChI=1S/C22H34N4O2/c1-6-7-11-20-21(26(4)25(2)3)16-28-13-12-18(15-23)22(24-20)17-9-8-10-19(14-17)27-5/h8-10,14-15,18,23H,6-7,11-13,16H2,1-5H3/b21-20+,23-15?,24-22-. The van der Waals surface area contributed by atoms with Crippen molar-refractivity contribution in [2.24, 2.45) is 10.9 Å². The Morgan fingerprint density at radius 1 is 1.32 bits per heavy atom. The lowest BCUT2D eigenvalue weighted by Gasteiger charge is -2.30. The molecule has 0 aromatic heterocycles. The van der Waals surface area contributed by atoms with Crippen molar-refractivity contribution in [1.82, 2.24) is 10.0 Å². The molecule has 1 aromatic rings. The van der Waals surface area contributed by atoms with Crippen LogP contribution in [0.2, 0.25) is 0 Å². The van der Waals surface area contributed by atoms with Crippen LogP contribution in [0.3, 0.4) is 0 Å². The molecule has 1 unspecified atom stereocenters. The minimum absolute atomic E-state index is 0.0901. The van der Waals surface area contributed by atoms with E-state index in [9.17, 15) is 0 Å². The monoisotopic (exact) mass is 386 g/mol. The Balaban J connectivity index is 2.63. The molecule has 1 aliphatic rings. The van der Waals surface area contributed by atoms with Crippen molar-refractivity contribution in [3.8, 4) is 5.75 Å². The van der Waals surface area contributed by atoms with Gasteiger partial charge >= 0.3 is 0 Å². The van der Waals surface area contributed by atoms with Crippen LogP contribution in [0.15, 0.2) is 40.7 Å². The van der Waals surface area contributed by atoms with E-state index in [1.54, 1.807) is 7.11 Å². The maximum absolute atomic E-state index is 8.00. The zero-order valence-electron chi connectivity index (χ0n) is 17.9. The van der Waals surface area contributed by atoms with Gasteiger partial charge in [-0.15, -0.1) is 0 Å². The Labute approximate surface area is 169 Å². The highest BCUT2D eigenvalue weighted by Crippen LogP contribution is 2.25. The Morgan fingerprint density at radius 2 is 2.11 bits per heavy atom. The SMILES string of the molecule is CCCCC1=C(\N(C)N(C)C)COCCC(C=N)/C(c2cccc(OC)c2)=N\1. The van der Waals surface area contributed by atoms with Gasteiger partial charge in [-0.1, -0.05) is 25.5 Å². The third-order valence-electron chi connectivity index (χ3n) is 5.08. The number of hydrazine groups is 1. The number of hydrogen-bond acceptors (Lipinski definition) is 6. The van der Waals surface area contributed by atoms with Gasteiger partial charge in [-0.3, -0.25) is 4.99 Å². The fourth-order valence-electron chi connectivity index (χ4n) is 3.18. The second-order valence-corrected chi connectivity index (χ2v) is 7.21. The highest BCUT2D eigenvalue weighted by atomic mass is 16.5. The summed E-state index contributed by atoms with van der Waals surface area (Å²) < 4.78 is 11.4. The molecule has 1 N–H and O–H groups in total. The summed E-state index contributed by atoms with van der Waals surface area (Å²) in [7, 11) is 7.74. The predicted octanol–water partition coefficient (Wildman–Crippen LogP) is 3.98. The van der Waals surface area contributed by atoms with Gasteiger partial charge in [-0.05, 0) is 31.4 Å². The highest BCUT2D eigenvalue weighted by molar-refractivity contribution is 6.10. The van der Waals surface area contributed by atoms with Crippen molar-refractivity contribution >= 4 is 11.9 Å². The lowest BCUT2D eigenvalue weighted by atomic mass is 9.94. The lowest BCUT2D eigenvalue weighted by Crippen LogP contribution is -2.35. The van der Waals surface area contributed by atoms with E-state index in [0.29, 0.717) is 13.2 Å². The van der Waals surface area contributed by atoms with Gasteiger partial charge in [0.2, 0.25) is 0 Å². The van der Waals surface area contributed by atoms with Crippen molar-refractivity contribution in [3.05, 3.63) is 41.2 Å². The van der Waals surface area contributed by atoms with Crippen LogP contribution in [0, 0.1) is 11.3 Å². The molecule has 154 valence electrons. The second kappa shape index (κ2) is 11.0. The quantitative estimate of drug-likeness (QED) is 0.542. The number of nitrogens with zero attached hydrogens (tertiary/aromatic N) is 3. The van der Waals surface area contributed by atoms with Gasteiger partial charge in [0, 0.05) is 45.4 Å². The summed E-state index contributed by atoms with van der Waals surface area (Å²) in [5, 5.41) is 12.1. The number of methoxy groups -OCH3 is 1. The topological polar surface area (TPSA) is 61.2 Å². The summed E-state index contributed by atoms with van der Waals surface area (Å²) in [5.74, 6) is 0.706. The van der Waals surface area contributed by atoms with Crippen LogP contribution in [-0.2, 0) is 4.74 Å². The molecule has 0 bridgehead atoms. The van der Waals surface area contributed by atoms with E-state index in [2.05, 4.69) is 11.9 Å². The van der Waals surface area contributed by atoms with Gasteiger partial charge in [0.1, 0.15) is 5.75 Å². The number of hydrogen-bond donors (Lipinski definition) is 1.